The van der Waals surface area contributed by atoms with Gasteiger partial charge in [-0.1, -0.05) is 30.3 Å². The van der Waals surface area contributed by atoms with Gasteiger partial charge in [0, 0.05) is 11.8 Å². The lowest BCUT2D eigenvalue weighted by atomic mass is 10.1. The topological polar surface area (TPSA) is 98.8 Å². The molecular weight excluding hydrogens is 258 g/mol. The molecule has 0 aliphatic heterocycles. The molecule has 3 aromatic heterocycles. The Kier molecular flexibility index (Phi) is 2.00. The quantitative estimate of drug-likeness (QED) is 0.477. The molecule has 98 valence electrons. The maximum absolute atomic E-state index is 12.0. The molecule has 0 fully saturated rings. The van der Waals surface area contributed by atoms with E-state index in [9.17, 15) is 9.59 Å². The second kappa shape index (κ2) is 3.70. The van der Waals surface area contributed by atoms with E-state index in [1.54, 1.807) is 6.20 Å². The number of nitrogens with one attached hydrogen (secondary N) is 3. The molecule has 1 aromatic carbocycles. The van der Waals surface area contributed by atoms with Gasteiger partial charge in [-0.2, -0.15) is 0 Å². The largest absolute Gasteiger partial charge is 0.355 e. The van der Waals surface area contributed by atoms with Gasteiger partial charge in [-0.15, -0.1) is 5.10 Å². The van der Waals surface area contributed by atoms with Crippen molar-refractivity contribution in [3.8, 4) is 11.1 Å². The molecule has 0 atom stereocenters. The van der Waals surface area contributed by atoms with Crippen molar-refractivity contribution in [2.45, 2.75) is 0 Å². The lowest BCUT2D eigenvalue weighted by Gasteiger charge is -2.00. The predicted octanol–water partition coefficient (Wildman–Crippen LogP) is 0.859. The van der Waals surface area contributed by atoms with Crippen LogP contribution in [0.1, 0.15) is 0 Å². The molecule has 0 amide bonds. The third-order valence-electron chi connectivity index (χ3n) is 3.29. The van der Waals surface area contributed by atoms with E-state index in [1.807, 2.05) is 30.3 Å². The highest BCUT2D eigenvalue weighted by Gasteiger charge is 2.15. The molecule has 0 radical (unpaired) electrons. The Morgan fingerprint density at radius 3 is 2.70 bits per heavy atom. The number of H-pyrrole nitrogens is 3. The van der Waals surface area contributed by atoms with Crippen LogP contribution in [0, 0.1) is 0 Å². The molecule has 7 nitrogen and oxygen atoms in total. The Morgan fingerprint density at radius 2 is 1.90 bits per heavy atom. The first kappa shape index (κ1) is 10.8. The van der Waals surface area contributed by atoms with Gasteiger partial charge in [0.2, 0.25) is 5.78 Å². The monoisotopic (exact) mass is 267 g/mol. The summed E-state index contributed by atoms with van der Waals surface area (Å²) < 4.78 is 1.36. The fourth-order valence-electron chi connectivity index (χ4n) is 2.41. The summed E-state index contributed by atoms with van der Waals surface area (Å²) in [7, 11) is 0. The Balaban J connectivity index is 2.27. The first-order chi connectivity index (χ1) is 9.75. The highest BCUT2D eigenvalue weighted by molar-refractivity contribution is 5.93. The third kappa shape index (κ3) is 1.31. The van der Waals surface area contributed by atoms with Crippen molar-refractivity contribution in [2.24, 2.45) is 0 Å². The van der Waals surface area contributed by atoms with Crippen LogP contribution in [-0.4, -0.2) is 24.6 Å². The van der Waals surface area contributed by atoms with E-state index in [0.29, 0.717) is 11.0 Å². The van der Waals surface area contributed by atoms with Crippen LogP contribution in [0.3, 0.4) is 0 Å². The molecule has 0 bridgehead atoms. The van der Waals surface area contributed by atoms with Crippen LogP contribution in [0.15, 0.2) is 46.1 Å². The molecule has 0 aliphatic rings. The molecule has 0 spiro atoms. The smallest absolute Gasteiger partial charge is 0.349 e. The minimum absolute atomic E-state index is 0.198. The molecule has 0 saturated heterocycles. The van der Waals surface area contributed by atoms with Crippen LogP contribution in [0.4, 0.5) is 0 Å². The summed E-state index contributed by atoms with van der Waals surface area (Å²) in [6.45, 7) is 0. The number of hydrogen-bond acceptors (Lipinski definition) is 3. The van der Waals surface area contributed by atoms with Crippen LogP contribution < -0.4 is 11.2 Å². The van der Waals surface area contributed by atoms with Crippen molar-refractivity contribution < 1.29 is 0 Å². The number of fused-ring (bicyclic) bond motifs is 3. The Morgan fingerprint density at radius 1 is 1.10 bits per heavy atom. The number of rotatable bonds is 1. The van der Waals surface area contributed by atoms with Gasteiger partial charge in [-0.3, -0.25) is 9.78 Å². The lowest BCUT2D eigenvalue weighted by molar-refractivity contribution is 1.04. The normalized spacial score (nSPS) is 11.4. The van der Waals surface area contributed by atoms with E-state index in [1.165, 1.54) is 4.40 Å². The first-order valence-electron chi connectivity index (χ1n) is 6.01. The summed E-state index contributed by atoms with van der Waals surface area (Å²) in [5.41, 5.74) is 1.86. The van der Waals surface area contributed by atoms with Gasteiger partial charge < -0.3 is 4.98 Å². The van der Waals surface area contributed by atoms with Crippen molar-refractivity contribution in [3.05, 3.63) is 57.4 Å². The summed E-state index contributed by atoms with van der Waals surface area (Å²) in [6, 6.07) is 9.54. The van der Waals surface area contributed by atoms with Gasteiger partial charge in [0.05, 0.1) is 5.52 Å². The number of aromatic nitrogens is 5. The summed E-state index contributed by atoms with van der Waals surface area (Å²) in [6.07, 6.45) is 1.72. The van der Waals surface area contributed by atoms with Crippen LogP contribution in [0.2, 0.25) is 0 Å². The number of hydrogen-bond donors (Lipinski definition) is 3. The van der Waals surface area contributed by atoms with Gasteiger partial charge in [0.15, 0.2) is 0 Å². The highest BCUT2D eigenvalue weighted by Crippen LogP contribution is 2.26. The molecule has 4 rings (SSSR count). The van der Waals surface area contributed by atoms with Gasteiger partial charge in [-0.25, -0.2) is 14.3 Å². The van der Waals surface area contributed by atoms with Gasteiger partial charge >= 0.3 is 5.69 Å². The molecule has 3 N–H and O–H groups in total. The van der Waals surface area contributed by atoms with Crippen LogP contribution in [0.25, 0.3) is 27.9 Å². The van der Waals surface area contributed by atoms with Crippen molar-refractivity contribution in [1.82, 2.24) is 24.6 Å². The number of aromatic amines is 3. The van der Waals surface area contributed by atoms with Crippen LogP contribution in [-0.2, 0) is 0 Å². The second-order valence-corrected chi connectivity index (χ2v) is 4.43. The summed E-state index contributed by atoms with van der Waals surface area (Å²) >= 11 is 0. The Bertz CT molecular complexity index is 1040. The standard InChI is InChI=1S/C13H9N5O2/c19-11-9-10(18-12(15-11)16-17-13(18)20)8(6-14-9)7-4-2-1-3-5-7/h1-6,14H,(H,17,20)(H,15,16,19). The molecule has 20 heavy (non-hydrogen) atoms. The summed E-state index contributed by atoms with van der Waals surface area (Å²) in [5.74, 6) is 0.198. The average Bonchev–Trinajstić information content (AvgIpc) is 3.04. The van der Waals surface area contributed by atoms with E-state index < -0.39 is 5.69 Å². The zero-order chi connectivity index (χ0) is 13.7. The minimum atomic E-state index is -0.391. The molecule has 4 aromatic rings. The van der Waals surface area contributed by atoms with E-state index in [2.05, 4.69) is 20.2 Å². The van der Waals surface area contributed by atoms with E-state index in [-0.39, 0.29) is 11.3 Å². The SMILES string of the molecule is O=c1[nH]c2n[nH]c(=O)n2c2c(-c3ccccc3)c[nH]c12. The first-order valence-corrected chi connectivity index (χ1v) is 6.01. The molecule has 7 heteroatoms. The molecule has 3 heterocycles. The average molecular weight is 267 g/mol. The second-order valence-electron chi connectivity index (χ2n) is 4.43. The van der Waals surface area contributed by atoms with Crippen molar-refractivity contribution in [3.63, 3.8) is 0 Å². The van der Waals surface area contributed by atoms with E-state index in [0.717, 1.165) is 11.1 Å². The molecule has 0 saturated carbocycles. The van der Waals surface area contributed by atoms with E-state index in [4.69, 9.17) is 0 Å². The minimum Gasteiger partial charge on any atom is -0.355 e. The van der Waals surface area contributed by atoms with Crippen molar-refractivity contribution >= 4 is 16.8 Å². The fourth-order valence-corrected chi connectivity index (χ4v) is 2.41. The van der Waals surface area contributed by atoms with Crippen LogP contribution >= 0.6 is 0 Å². The molecule has 0 aliphatic carbocycles. The zero-order valence-corrected chi connectivity index (χ0v) is 10.2. The Labute approximate surface area is 110 Å². The van der Waals surface area contributed by atoms with Crippen molar-refractivity contribution in [2.75, 3.05) is 0 Å². The Hall–Kier alpha value is -3.09. The maximum atomic E-state index is 12.0. The third-order valence-corrected chi connectivity index (χ3v) is 3.29. The summed E-state index contributed by atoms with van der Waals surface area (Å²) in [4.78, 5) is 29.4. The summed E-state index contributed by atoms with van der Waals surface area (Å²) in [5, 5.41) is 6.14. The van der Waals surface area contributed by atoms with Gasteiger partial charge in [0.1, 0.15) is 5.52 Å². The van der Waals surface area contributed by atoms with Crippen LogP contribution in [0.5, 0.6) is 0 Å². The lowest BCUT2D eigenvalue weighted by Crippen LogP contribution is -2.16. The zero-order valence-electron chi connectivity index (χ0n) is 10.2. The van der Waals surface area contributed by atoms with Crippen molar-refractivity contribution in [1.29, 1.82) is 0 Å². The number of nitrogens with zero attached hydrogens (tertiary/aromatic N) is 2. The number of benzene rings is 1. The van der Waals surface area contributed by atoms with Gasteiger partial charge in [0.25, 0.3) is 5.56 Å². The van der Waals surface area contributed by atoms with Gasteiger partial charge in [-0.05, 0) is 5.56 Å². The van der Waals surface area contributed by atoms with E-state index >= 15 is 0 Å². The highest BCUT2D eigenvalue weighted by atomic mass is 16.2. The predicted molar refractivity (Wildman–Crippen MR) is 73.7 cm³/mol. The maximum Gasteiger partial charge on any atom is 0.349 e. The molecule has 0 unspecified atom stereocenters. The fraction of sp³-hybridized carbons (Fsp3) is 0. The molecular formula is C13H9N5O2.